The Kier molecular flexibility index (Phi) is 17.6. The highest BCUT2D eigenvalue weighted by Gasteiger charge is 2.10. The number of rotatable bonds is 18. The van der Waals surface area contributed by atoms with Crippen molar-refractivity contribution >= 4 is 19.2 Å². The predicted molar refractivity (Wildman–Crippen MR) is 102 cm³/mol. The fraction of sp³-hybridized carbons (Fsp3) is 1.00. The van der Waals surface area contributed by atoms with E-state index in [1.54, 1.807) is 0 Å². The molecule has 5 heteroatoms. The van der Waals surface area contributed by atoms with Gasteiger partial charge in [0.05, 0.1) is 0 Å². The average molecular weight is 369 g/mol. The maximum atomic E-state index is 10.7. The first-order chi connectivity index (χ1) is 11.1. The summed E-state index contributed by atoms with van der Waals surface area (Å²) >= 11 is 5.65. The molecule has 0 bridgehead atoms. The summed E-state index contributed by atoms with van der Waals surface area (Å²) in [6.45, 7) is 0. The van der Waals surface area contributed by atoms with E-state index in [1.165, 1.54) is 83.5 Å². The number of halogens is 1. The lowest BCUT2D eigenvalue weighted by atomic mass is 10.0. The first-order valence-electron chi connectivity index (χ1n) is 9.67. The summed E-state index contributed by atoms with van der Waals surface area (Å²) in [6.07, 6.45) is 20.0. The van der Waals surface area contributed by atoms with Crippen molar-refractivity contribution in [2.75, 3.05) is 12.0 Å². The van der Waals surface area contributed by atoms with Crippen molar-refractivity contribution in [3.8, 4) is 0 Å². The van der Waals surface area contributed by atoms with Crippen molar-refractivity contribution in [3.05, 3.63) is 0 Å². The van der Waals surface area contributed by atoms with Crippen LogP contribution in [0.4, 0.5) is 0 Å². The van der Waals surface area contributed by atoms with Crippen molar-refractivity contribution in [2.45, 2.75) is 103 Å². The van der Waals surface area contributed by atoms with Crippen LogP contribution in [0, 0.1) is 0 Å². The van der Waals surface area contributed by atoms with Crippen LogP contribution < -0.4 is 0 Å². The Morgan fingerprint density at radius 3 is 1.04 bits per heavy atom. The molecule has 23 heavy (non-hydrogen) atoms. The summed E-state index contributed by atoms with van der Waals surface area (Å²) in [6, 6.07) is 0. The molecule has 3 nitrogen and oxygen atoms in total. The van der Waals surface area contributed by atoms with E-state index in [0.717, 1.165) is 18.7 Å². The maximum Gasteiger partial charge on any atom is 0.325 e. The second kappa shape index (κ2) is 17.3. The molecule has 140 valence electrons. The molecule has 0 aromatic rings. The third-order valence-corrected chi connectivity index (χ3v) is 5.50. The zero-order valence-corrected chi connectivity index (χ0v) is 16.5. The molecule has 0 fully saturated rings. The highest BCUT2D eigenvalue weighted by atomic mass is 35.5. The van der Waals surface area contributed by atoms with E-state index in [-0.39, 0.29) is 6.16 Å². The van der Waals surface area contributed by atoms with E-state index in [9.17, 15) is 4.57 Å². The van der Waals surface area contributed by atoms with E-state index < -0.39 is 7.60 Å². The van der Waals surface area contributed by atoms with Gasteiger partial charge in [0.1, 0.15) is 0 Å². The lowest BCUT2D eigenvalue weighted by Crippen LogP contribution is -1.88. The van der Waals surface area contributed by atoms with E-state index in [4.69, 9.17) is 21.4 Å². The number of unbranched alkanes of at least 4 members (excludes halogenated alkanes) is 15. The van der Waals surface area contributed by atoms with Gasteiger partial charge in [0, 0.05) is 12.0 Å². The molecule has 0 aromatic carbocycles. The molecule has 0 spiro atoms. The van der Waals surface area contributed by atoms with Crippen LogP contribution in [0.5, 0.6) is 0 Å². The summed E-state index contributed by atoms with van der Waals surface area (Å²) in [5.41, 5.74) is 0. The quantitative estimate of drug-likeness (QED) is 0.162. The number of alkyl halides is 1. The summed E-state index contributed by atoms with van der Waals surface area (Å²) < 4.78 is 10.7. The minimum absolute atomic E-state index is 0.0553. The van der Waals surface area contributed by atoms with Gasteiger partial charge < -0.3 is 9.79 Å². The van der Waals surface area contributed by atoms with Crippen LogP contribution in [0.15, 0.2) is 0 Å². The Labute approximate surface area is 148 Å². The summed E-state index contributed by atoms with van der Waals surface area (Å²) in [4.78, 5) is 17.5. The largest absolute Gasteiger partial charge is 0.325 e. The lowest BCUT2D eigenvalue weighted by Gasteiger charge is -2.04. The van der Waals surface area contributed by atoms with Crippen LogP contribution in [-0.4, -0.2) is 21.8 Å². The smallest absolute Gasteiger partial charge is 0.324 e. The minimum atomic E-state index is -3.76. The van der Waals surface area contributed by atoms with Gasteiger partial charge in [-0.1, -0.05) is 89.9 Å². The van der Waals surface area contributed by atoms with Gasteiger partial charge in [0.2, 0.25) is 0 Å². The molecule has 2 N–H and O–H groups in total. The van der Waals surface area contributed by atoms with Gasteiger partial charge in [-0.25, -0.2) is 0 Å². The van der Waals surface area contributed by atoms with Gasteiger partial charge in [0.25, 0.3) is 0 Å². The zero-order valence-electron chi connectivity index (χ0n) is 14.9. The fourth-order valence-corrected chi connectivity index (χ4v) is 3.71. The molecule has 0 rings (SSSR count). The molecular weight excluding hydrogens is 331 g/mol. The van der Waals surface area contributed by atoms with Crippen LogP contribution in [0.1, 0.15) is 103 Å². The second-order valence-electron chi connectivity index (χ2n) is 6.73. The van der Waals surface area contributed by atoms with E-state index in [2.05, 4.69) is 0 Å². The number of hydrogen-bond donors (Lipinski definition) is 2. The van der Waals surface area contributed by atoms with Crippen LogP contribution in [0.2, 0.25) is 0 Å². The molecule has 0 atom stereocenters. The Hall–Kier alpha value is 0.440. The summed E-state index contributed by atoms with van der Waals surface area (Å²) in [7, 11) is -3.76. The normalized spacial score (nSPS) is 12.0. The van der Waals surface area contributed by atoms with Crippen LogP contribution >= 0.6 is 19.2 Å². The molecule has 0 amide bonds. The third kappa shape index (κ3) is 22.4. The van der Waals surface area contributed by atoms with Crippen molar-refractivity contribution < 1.29 is 14.4 Å². The molecule has 0 aliphatic carbocycles. The van der Waals surface area contributed by atoms with E-state index >= 15 is 0 Å². The van der Waals surface area contributed by atoms with Crippen molar-refractivity contribution in [1.82, 2.24) is 0 Å². The van der Waals surface area contributed by atoms with Crippen molar-refractivity contribution in [2.24, 2.45) is 0 Å². The Morgan fingerprint density at radius 1 is 0.522 bits per heavy atom. The first-order valence-corrected chi connectivity index (χ1v) is 12.0. The Balaban J connectivity index is 3.01. The van der Waals surface area contributed by atoms with Gasteiger partial charge in [-0.2, -0.15) is 0 Å². The Bertz CT molecular complexity index is 281. The molecule has 0 aliphatic heterocycles. The highest BCUT2D eigenvalue weighted by molar-refractivity contribution is 7.51. The highest BCUT2D eigenvalue weighted by Crippen LogP contribution is 2.35. The van der Waals surface area contributed by atoms with Crippen LogP contribution in [0.3, 0.4) is 0 Å². The molecule has 0 radical (unpaired) electrons. The topological polar surface area (TPSA) is 57.5 Å². The fourth-order valence-electron chi connectivity index (χ4n) is 2.89. The molecular formula is C18H38ClO3P. The van der Waals surface area contributed by atoms with Gasteiger partial charge in [-0.3, -0.25) is 4.57 Å². The van der Waals surface area contributed by atoms with Crippen LogP contribution in [0.25, 0.3) is 0 Å². The zero-order chi connectivity index (χ0) is 17.2. The monoisotopic (exact) mass is 368 g/mol. The molecule has 0 heterocycles. The standard InChI is InChI=1S/C18H38ClO3P/c19-17-15-13-11-9-7-5-3-1-2-4-6-8-10-12-14-16-18-23(20,21)22/h1-18H2,(H2,20,21,22). The van der Waals surface area contributed by atoms with Gasteiger partial charge in [0.15, 0.2) is 0 Å². The third-order valence-electron chi connectivity index (χ3n) is 4.33. The minimum Gasteiger partial charge on any atom is -0.324 e. The summed E-state index contributed by atoms with van der Waals surface area (Å²) in [5, 5.41) is 0. The van der Waals surface area contributed by atoms with Gasteiger partial charge in [-0.15, -0.1) is 11.6 Å². The predicted octanol–water partition coefficient (Wildman–Crippen LogP) is 6.64. The SMILES string of the molecule is O=P(O)(O)CCCCCCCCCCCCCCCCCCCl. The molecule has 0 unspecified atom stereocenters. The van der Waals surface area contributed by atoms with E-state index in [1.807, 2.05) is 0 Å². The van der Waals surface area contributed by atoms with Crippen LogP contribution in [-0.2, 0) is 4.57 Å². The summed E-state index contributed by atoms with van der Waals surface area (Å²) in [5.74, 6) is 0.813. The van der Waals surface area contributed by atoms with Gasteiger partial charge >= 0.3 is 7.60 Å². The molecule has 0 saturated heterocycles. The van der Waals surface area contributed by atoms with Crippen molar-refractivity contribution in [3.63, 3.8) is 0 Å². The first kappa shape index (κ1) is 23.4. The Morgan fingerprint density at radius 2 is 0.783 bits per heavy atom. The molecule has 0 saturated carbocycles. The maximum absolute atomic E-state index is 10.7. The lowest BCUT2D eigenvalue weighted by molar-refractivity contribution is 0.370. The molecule has 0 aliphatic rings. The average Bonchev–Trinajstić information content (AvgIpc) is 2.49. The van der Waals surface area contributed by atoms with E-state index in [0.29, 0.717) is 6.42 Å². The number of hydrogen-bond acceptors (Lipinski definition) is 1. The second-order valence-corrected chi connectivity index (χ2v) is 8.89. The van der Waals surface area contributed by atoms with Gasteiger partial charge in [-0.05, 0) is 12.8 Å². The van der Waals surface area contributed by atoms with Crippen molar-refractivity contribution in [1.29, 1.82) is 0 Å². The molecule has 0 aromatic heterocycles.